The molecular formula is C30H33N7O3. The first-order valence-corrected chi connectivity index (χ1v) is 13.6. The van der Waals surface area contributed by atoms with E-state index in [1.807, 2.05) is 72.5 Å². The fraction of sp³-hybridized carbons (Fsp3) is 0.333. The monoisotopic (exact) mass is 539 g/mol. The topological polar surface area (TPSA) is 112 Å². The van der Waals surface area contributed by atoms with Crippen molar-refractivity contribution in [1.29, 1.82) is 0 Å². The zero-order chi connectivity index (χ0) is 27.5. The van der Waals surface area contributed by atoms with Crippen LogP contribution in [0.4, 0.5) is 5.82 Å². The molecule has 2 saturated heterocycles. The lowest BCUT2D eigenvalue weighted by Gasteiger charge is -2.20. The van der Waals surface area contributed by atoms with Gasteiger partial charge in [0, 0.05) is 38.5 Å². The Morgan fingerprint density at radius 3 is 2.70 bits per heavy atom. The molecule has 2 aromatic heterocycles. The average molecular weight is 540 g/mol. The smallest absolute Gasteiger partial charge is 0.171 e. The summed E-state index contributed by atoms with van der Waals surface area (Å²) < 4.78 is 13.3. The fourth-order valence-corrected chi connectivity index (χ4v) is 5.35. The molecule has 4 heterocycles. The van der Waals surface area contributed by atoms with Crippen molar-refractivity contribution in [3.8, 4) is 22.8 Å². The molecule has 0 amide bonds. The summed E-state index contributed by atoms with van der Waals surface area (Å²) in [6.45, 7) is 3.37. The van der Waals surface area contributed by atoms with E-state index in [1.165, 1.54) is 6.33 Å². The van der Waals surface area contributed by atoms with Crippen molar-refractivity contribution in [3.63, 3.8) is 0 Å². The van der Waals surface area contributed by atoms with E-state index in [0.717, 1.165) is 54.1 Å². The molecule has 10 heteroatoms. The Morgan fingerprint density at radius 1 is 1.12 bits per heavy atom. The first-order valence-electron chi connectivity index (χ1n) is 13.6. The highest BCUT2D eigenvalue weighted by molar-refractivity contribution is 5.98. The predicted octanol–water partition coefficient (Wildman–Crippen LogP) is 3.92. The molecule has 0 spiro atoms. The summed E-state index contributed by atoms with van der Waals surface area (Å²) in [7, 11) is 1.99. The third kappa shape index (κ3) is 5.54. The molecule has 40 heavy (non-hydrogen) atoms. The Hall–Kier alpha value is -4.28. The molecule has 2 N–H and O–H groups in total. The number of ketones is 1. The molecule has 2 fully saturated rings. The second-order valence-electron chi connectivity index (χ2n) is 10.3. The van der Waals surface area contributed by atoms with Gasteiger partial charge in [-0.1, -0.05) is 18.2 Å². The van der Waals surface area contributed by atoms with E-state index < -0.39 is 0 Å². The van der Waals surface area contributed by atoms with E-state index in [-0.39, 0.29) is 11.8 Å². The molecule has 0 radical (unpaired) electrons. The maximum atomic E-state index is 12.7. The summed E-state index contributed by atoms with van der Waals surface area (Å²) in [5.41, 5.74) is 8.66. The van der Waals surface area contributed by atoms with Crippen LogP contribution in [0.2, 0.25) is 0 Å². The zero-order valence-electron chi connectivity index (χ0n) is 22.5. The van der Waals surface area contributed by atoms with Crippen LogP contribution < -0.4 is 10.5 Å². The molecule has 6 rings (SSSR count). The highest BCUT2D eigenvalue weighted by Gasteiger charge is 2.29. The summed E-state index contributed by atoms with van der Waals surface area (Å²) in [6.07, 6.45) is 6.87. The van der Waals surface area contributed by atoms with Crippen molar-refractivity contribution >= 4 is 22.6 Å². The van der Waals surface area contributed by atoms with Crippen LogP contribution in [0.1, 0.15) is 18.9 Å². The van der Waals surface area contributed by atoms with Crippen molar-refractivity contribution in [2.45, 2.75) is 24.9 Å². The Morgan fingerprint density at radius 2 is 1.93 bits per heavy atom. The molecule has 4 aromatic rings. The number of aromatic nitrogens is 4. The molecule has 10 nitrogen and oxygen atoms in total. The van der Waals surface area contributed by atoms with Gasteiger partial charge in [-0.25, -0.2) is 14.6 Å². The predicted molar refractivity (Wildman–Crippen MR) is 153 cm³/mol. The van der Waals surface area contributed by atoms with Crippen molar-refractivity contribution in [3.05, 3.63) is 73.2 Å². The molecule has 2 aromatic carbocycles. The molecule has 2 atom stereocenters. The molecule has 2 aliphatic heterocycles. The van der Waals surface area contributed by atoms with Gasteiger partial charge in [0.05, 0.1) is 30.6 Å². The molecule has 0 unspecified atom stereocenters. The van der Waals surface area contributed by atoms with Gasteiger partial charge in [-0.3, -0.25) is 9.69 Å². The van der Waals surface area contributed by atoms with Gasteiger partial charge < -0.3 is 20.1 Å². The van der Waals surface area contributed by atoms with Crippen molar-refractivity contribution in [1.82, 2.24) is 29.5 Å². The number of anilines is 1. The van der Waals surface area contributed by atoms with Crippen molar-refractivity contribution in [2.24, 2.45) is 0 Å². The Labute approximate surface area is 233 Å². The first kappa shape index (κ1) is 26.0. The molecule has 0 aliphatic carbocycles. The van der Waals surface area contributed by atoms with Gasteiger partial charge in [0.1, 0.15) is 29.3 Å². The van der Waals surface area contributed by atoms with Gasteiger partial charge in [-0.15, -0.1) is 0 Å². The number of carbonyl (C=O) groups excluding carboxylic acids is 1. The van der Waals surface area contributed by atoms with Gasteiger partial charge in [-0.2, -0.15) is 5.10 Å². The Kier molecular flexibility index (Phi) is 7.43. The second kappa shape index (κ2) is 11.4. The number of hydrogen-bond acceptors (Lipinski definition) is 9. The van der Waals surface area contributed by atoms with Crippen LogP contribution in [0.25, 0.3) is 22.3 Å². The van der Waals surface area contributed by atoms with E-state index in [1.54, 1.807) is 6.08 Å². The van der Waals surface area contributed by atoms with Crippen LogP contribution in [0.15, 0.2) is 73.2 Å². The maximum Gasteiger partial charge on any atom is 0.171 e. The fourth-order valence-electron chi connectivity index (χ4n) is 5.35. The van der Waals surface area contributed by atoms with E-state index in [9.17, 15) is 4.79 Å². The molecular weight excluding hydrogens is 506 g/mol. The van der Waals surface area contributed by atoms with Crippen LogP contribution in [-0.2, 0) is 9.53 Å². The number of ether oxygens (including phenoxy) is 2. The number of rotatable bonds is 9. The minimum Gasteiger partial charge on any atom is -0.457 e. The lowest BCUT2D eigenvalue weighted by Crippen LogP contribution is -2.29. The summed E-state index contributed by atoms with van der Waals surface area (Å²) >= 11 is 0. The highest BCUT2D eigenvalue weighted by atomic mass is 16.5. The SMILES string of the molecule is CN(/C=C/C(=O)CN1CC[C@@H](n2nc(-c3ccc(Oc4ccccc4)cc3)c3c(N)ncnc32)C1)[C@H]1CCOC1. The average Bonchev–Trinajstić information content (AvgIpc) is 3.74. The minimum absolute atomic E-state index is 0.0707. The number of likely N-dealkylation sites (tertiary alicyclic amines) is 1. The molecule has 0 saturated carbocycles. The Balaban J connectivity index is 1.17. The van der Waals surface area contributed by atoms with Crippen LogP contribution in [0, 0.1) is 0 Å². The number of likely N-dealkylation sites (N-methyl/N-ethyl adjacent to an activating group) is 1. The van der Waals surface area contributed by atoms with Gasteiger partial charge >= 0.3 is 0 Å². The van der Waals surface area contributed by atoms with Crippen LogP contribution in [0.3, 0.4) is 0 Å². The molecule has 0 bridgehead atoms. The van der Waals surface area contributed by atoms with Gasteiger partial charge in [0.15, 0.2) is 11.4 Å². The van der Waals surface area contributed by atoms with Crippen molar-refractivity contribution < 1.29 is 14.3 Å². The lowest BCUT2D eigenvalue weighted by atomic mass is 10.1. The summed E-state index contributed by atoms with van der Waals surface area (Å²) in [6, 6.07) is 17.8. The quantitative estimate of drug-likeness (QED) is 0.316. The molecule has 206 valence electrons. The zero-order valence-corrected chi connectivity index (χ0v) is 22.5. The number of benzene rings is 2. The van der Waals surface area contributed by atoms with E-state index >= 15 is 0 Å². The third-order valence-electron chi connectivity index (χ3n) is 7.57. The van der Waals surface area contributed by atoms with Crippen LogP contribution in [0.5, 0.6) is 11.5 Å². The largest absolute Gasteiger partial charge is 0.457 e. The summed E-state index contributed by atoms with van der Waals surface area (Å²) in [4.78, 5) is 25.7. The first-order chi connectivity index (χ1) is 19.5. The molecule has 2 aliphatic rings. The van der Waals surface area contributed by atoms with Gasteiger partial charge in [0.2, 0.25) is 0 Å². The van der Waals surface area contributed by atoms with E-state index in [4.69, 9.17) is 20.3 Å². The van der Waals surface area contributed by atoms with E-state index in [2.05, 4.69) is 19.8 Å². The van der Waals surface area contributed by atoms with Crippen LogP contribution >= 0.6 is 0 Å². The third-order valence-corrected chi connectivity index (χ3v) is 7.57. The Bertz CT molecular complexity index is 1500. The highest BCUT2D eigenvalue weighted by Crippen LogP contribution is 2.35. The normalized spacial score (nSPS) is 19.5. The lowest BCUT2D eigenvalue weighted by molar-refractivity contribution is -0.115. The number of hydrogen-bond donors (Lipinski definition) is 1. The van der Waals surface area contributed by atoms with Crippen LogP contribution in [-0.4, -0.2) is 81.3 Å². The van der Waals surface area contributed by atoms with E-state index in [0.29, 0.717) is 37.2 Å². The number of nitrogens with two attached hydrogens (primary N) is 1. The number of para-hydroxylation sites is 1. The van der Waals surface area contributed by atoms with Gasteiger partial charge in [-0.05, 0) is 55.3 Å². The standard InChI is InChI=1S/C30H33N7O3/c1-35(23-13-16-39-19-23)14-12-24(38)18-36-15-11-22(17-36)37-30-27(29(31)32-20-33-30)28(34-37)21-7-9-26(10-8-21)40-25-5-3-2-4-6-25/h2-10,12,14,20,22-23H,11,13,15-19H2,1H3,(H2,31,32,33)/b14-12+/t22-,23+/m1/s1. The number of nitrogen functional groups attached to an aromatic ring is 1. The summed E-state index contributed by atoms with van der Waals surface area (Å²) in [5.74, 6) is 1.98. The number of fused-ring (bicyclic) bond motifs is 1. The van der Waals surface area contributed by atoms with Crippen molar-refractivity contribution in [2.75, 3.05) is 45.6 Å². The number of nitrogens with zero attached hydrogens (tertiary/aromatic N) is 6. The maximum absolute atomic E-state index is 12.7. The van der Waals surface area contributed by atoms with Gasteiger partial charge in [0.25, 0.3) is 0 Å². The second-order valence-corrected chi connectivity index (χ2v) is 10.3. The minimum atomic E-state index is 0.0707. The summed E-state index contributed by atoms with van der Waals surface area (Å²) in [5, 5.41) is 5.71. The number of carbonyl (C=O) groups is 1.